The van der Waals surface area contributed by atoms with E-state index in [1.54, 1.807) is 32.9 Å². The molecule has 0 saturated heterocycles. The van der Waals surface area contributed by atoms with E-state index in [4.69, 9.17) is 4.74 Å². The number of aromatic hydroxyl groups is 1. The van der Waals surface area contributed by atoms with E-state index in [0.29, 0.717) is 12.0 Å². The second-order valence-corrected chi connectivity index (χ2v) is 9.28. The third-order valence-electron chi connectivity index (χ3n) is 4.84. The summed E-state index contributed by atoms with van der Waals surface area (Å²) >= 11 is 4.23. The van der Waals surface area contributed by atoms with E-state index in [0.717, 1.165) is 12.8 Å². The lowest BCUT2D eigenvalue weighted by Gasteiger charge is -2.34. The van der Waals surface area contributed by atoms with Crippen LogP contribution in [0.2, 0.25) is 0 Å². The molecule has 0 radical (unpaired) electrons. The van der Waals surface area contributed by atoms with Crippen molar-refractivity contribution in [2.45, 2.75) is 64.6 Å². The van der Waals surface area contributed by atoms with Crippen LogP contribution in [-0.4, -0.2) is 71.5 Å². The van der Waals surface area contributed by atoms with E-state index < -0.39 is 48.1 Å². The van der Waals surface area contributed by atoms with Gasteiger partial charge < -0.3 is 30.1 Å². The summed E-state index contributed by atoms with van der Waals surface area (Å²) in [6, 6.07) is 3.70. The summed E-state index contributed by atoms with van der Waals surface area (Å²) in [5.74, 6) is -1.98. The molecular formula is C24H37N3O7S. The molecule has 0 aliphatic carbocycles. The number of benzene rings is 1. The number of unbranched alkanes of at least 4 members (excludes halogenated alkanes) is 2. The highest BCUT2D eigenvalue weighted by Gasteiger charge is 2.36. The van der Waals surface area contributed by atoms with Gasteiger partial charge in [-0.05, 0) is 44.9 Å². The first-order chi connectivity index (χ1) is 16.4. The number of phenolic OH excluding ortho intramolecular Hbond substituents is 1. The Morgan fingerprint density at radius 2 is 1.86 bits per heavy atom. The van der Waals surface area contributed by atoms with Gasteiger partial charge in [0.1, 0.15) is 30.0 Å². The average molecular weight is 512 g/mol. The summed E-state index contributed by atoms with van der Waals surface area (Å²) in [6.45, 7) is 6.90. The Bertz CT molecular complexity index is 873. The number of ether oxygens (including phenoxy) is 2. The van der Waals surface area contributed by atoms with Crippen LogP contribution in [0.3, 0.4) is 0 Å². The highest BCUT2D eigenvalue weighted by Crippen LogP contribution is 2.26. The van der Waals surface area contributed by atoms with Crippen molar-refractivity contribution < 1.29 is 33.8 Å². The lowest BCUT2D eigenvalue weighted by molar-refractivity contribution is -0.144. The Balaban J connectivity index is 3.36. The lowest BCUT2D eigenvalue weighted by Crippen LogP contribution is -2.54. The van der Waals surface area contributed by atoms with Gasteiger partial charge in [0.05, 0.1) is 7.11 Å². The molecule has 3 amide bonds. The molecule has 35 heavy (non-hydrogen) atoms. The van der Waals surface area contributed by atoms with Crippen molar-refractivity contribution in [2.24, 2.45) is 0 Å². The third kappa shape index (κ3) is 10.5. The molecular weight excluding hydrogens is 474 g/mol. The van der Waals surface area contributed by atoms with Crippen LogP contribution < -0.4 is 10.6 Å². The van der Waals surface area contributed by atoms with Crippen molar-refractivity contribution in [1.29, 1.82) is 0 Å². The van der Waals surface area contributed by atoms with Crippen molar-refractivity contribution >= 4 is 36.5 Å². The second-order valence-electron chi connectivity index (χ2n) is 8.91. The second kappa shape index (κ2) is 14.4. The molecule has 0 heterocycles. The molecule has 0 spiro atoms. The maximum absolute atomic E-state index is 13.6. The van der Waals surface area contributed by atoms with Gasteiger partial charge in [-0.25, -0.2) is 4.79 Å². The van der Waals surface area contributed by atoms with E-state index in [1.807, 2.05) is 6.92 Å². The topological polar surface area (TPSA) is 134 Å². The first-order valence-electron chi connectivity index (χ1n) is 11.5. The number of nitrogens with zero attached hydrogens (tertiary/aromatic N) is 1. The highest BCUT2D eigenvalue weighted by molar-refractivity contribution is 7.80. The molecule has 1 aromatic rings. The first-order valence-corrected chi connectivity index (χ1v) is 12.1. The van der Waals surface area contributed by atoms with Gasteiger partial charge in [-0.2, -0.15) is 12.6 Å². The fourth-order valence-electron chi connectivity index (χ4n) is 3.23. The van der Waals surface area contributed by atoms with E-state index in [2.05, 4.69) is 28.0 Å². The van der Waals surface area contributed by atoms with Crippen molar-refractivity contribution in [3.63, 3.8) is 0 Å². The van der Waals surface area contributed by atoms with Gasteiger partial charge in [0.2, 0.25) is 11.8 Å². The van der Waals surface area contributed by atoms with E-state index in [-0.39, 0.29) is 18.0 Å². The number of esters is 1. The number of hydrogen-bond donors (Lipinski definition) is 4. The minimum atomic E-state index is -1.18. The Hall–Kier alpha value is -2.95. The molecule has 1 aromatic carbocycles. The SMILES string of the molecule is CCCCCN(C(=O)C(CS)NC(=O)OC(C)(C)C)C(C(=O)NCC(=O)OC)c1cccc(O)c1. The Morgan fingerprint density at radius 1 is 1.17 bits per heavy atom. The Morgan fingerprint density at radius 3 is 2.40 bits per heavy atom. The molecule has 1 rings (SSSR count). The molecule has 196 valence electrons. The minimum Gasteiger partial charge on any atom is -0.508 e. The van der Waals surface area contributed by atoms with Crippen LogP contribution in [0.25, 0.3) is 0 Å². The normalized spacial score (nSPS) is 12.7. The van der Waals surface area contributed by atoms with Gasteiger partial charge in [-0.3, -0.25) is 14.4 Å². The fraction of sp³-hybridized carbons (Fsp3) is 0.583. The summed E-state index contributed by atoms with van der Waals surface area (Å²) < 4.78 is 9.85. The summed E-state index contributed by atoms with van der Waals surface area (Å²) in [4.78, 5) is 52.2. The summed E-state index contributed by atoms with van der Waals surface area (Å²) in [6.07, 6.45) is 1.47. The number of carbonyl (C=O) groups is 4. The molecule has 0 aromatic heterocycles. The van der Waals surface area contributed by atoms with Gasteiger partial charge in [-0.15, -0.1) is 0 Å². The van der Waals surface area contributed by atoms with E-state index in [1.165, 1.54) is 24.1 Å². The van der Waals surface area contributed by atoms with Crippen LogP contribution in [0.15, 0.2) is 24.3 Å². The van der Waals surface area contributed by atoms with Gasteiger partial charge >= 0.3 is 12.1 Å². The van der Waals surface area contributed by atoms with Crippen LogP contribution in [0.1, 0.15) is 58.6 Å². The van der Waals surface area contributed by atoms with Crippen LogP contribution in [0.4, 0.5) is 4.79 Å². The Kier molecular flexibility index (Phi) is 12.4. The molecule has 0 aliphatic heterocycles. The smallest absolute Gasteiger partial charge is 0.408 e. The number of hydrogen-bond acceptors (Lipinski definition) is 8. The van der Waals surface area contributed by atoms with Crippen LogP contribution >= 0.6 is 12.6 Å². The molecule has 0 fully saturated rings. The molecule has 0 bridgehead atoms. The van der Waals surface area contributed by atoms with Crippen molar-refractivity contribution in [3.8, 4) is 5.75 Å². The molecule has 10 nitrogen and oxygen atoms in total. The number of alkyl carbamates (subject to hydrolysis) is 1. The monoisotopic (exact) mass is 511 g/mol. The zero-order valence-corrected chi connectivity index (χ0v) is 21.9. The summed E-state index contributed by atoms with van der Waals surface area (Å²) in [5, 5.41) is 15.0. The molecule has 0 aliphatic rings. The van der Waals surface area contributed by atoms with Gasteiger partial charge in [0.25, 0.3) is 0 Å². The van der Waals surface area contributed by atoms with Crippen molar-refractivity contribution in [3.05, 3.63) is 29.8 Å². The van der Waals surface area contributed by atoms with Crippen LogP contribution in [-0.2, 0) is 23.9 Å². The number of nitrogens with one attached hydrogen (secondary N) is 2. The standard InChI is InChI=1S/C24H37N3O7S/c1-6-7-8-12-27(22(31)18(15-35)26-23(32)34-24(2,3)4)20(16-10-9-11-17(28)13-16)21(30)25-14-19(29)33-5/h9-11,13,18,20,28,35H,6-8,12,14-15H2,1-5H3,(H,25,30)(H,26,32). The number of rotatable bonds is 12. The molecule has 0 saturated carbocycles. The van der Waals surface area contributed by atoms with Crippen LogP contribution in [0.5, 0.6) is 5.75 Å². The fourth-order valence-corrected chi connectivity index (χ4v) is 3.48. The molecule has 2 atom stereocenters. The number of thiol groups is 1. The van der Waals surface area contributed by atoms with Gasteiger partial charge in [0.15, 0.2) is 0 Å². The van der Waals surface area contributed by atoms with Crippen molar-refractivity contribution in [1.82, 2.24) is 15.5 Å². The minimum absolute atomic E-state index is 0.0428. The maximum Gasteiger partial charge on any atom is 0.408 e. The number of carbonyl (C=O) groups excluding carboxylic acids is 4. The van der Waals surface area contributed by atoms with Crippen molar-refractivity contribution in [2.75, 3.05) is 26.0 Å². The summed E-state index contributed by atoms with van der Waals surface area (Å²) in [5.41, 5.74) is -0.431. The number of amides is 3. The average Bonchev–Trinajstić information content (AvgIpc) is 2.78. The molecule has 2 unspecified atom stereocenters. The van der Waals surface area contributed by atoms with Crippen LogP contribution in [0, 0.1) is 0 Å². The zero-order chi connectivity index (χ0) is 26.6. The number of phenols is 1. The largest absolute Gasteiger partial charge is 0.508 e. The Labute approximate surface area is 212 Å². The predicted molar refractivity (Wildman–Crippen MR) is 134 cm³/mol. The summed E-state index contributed by atoms with van der Waals surface area (Å²) in [7, 11) is 1.20. The quantitative estimate of drug-likeness (QED) is 0.192. The van der Waals surface area contributed by atoms with E-state index >= 15 is 0 Å². The van der Waals surface area contributed by atoms with E-state index in [9.17, 15) is 24.3 Å². The first kappa shape index (κ1) is 30.1. The van der Waals surface area contributed by atoms with Gasteiger partial charge in [0, 0.05) is 12.3 Å². The highest BCUT2D eigenvalue weighted by atomic mass is 32.1. The zero-order valence-electron chi connectivity index (χ0n) is 21.0. The maximum atomic E-state index is 13.6. The molecule has 11 heteroatoms. The number of methoxy groups -OCH3 is 1. The molecule has 3 N–H and O–H groups in total. The van der Waals surface area contributed by atoms with Gasteiger partial charge in [-0.1, -0.05) is 31.9 Å². The third-order valence-corrected chi connectivity index (χ3v) is 5.20. The lowest BCUT2D eigenvalue weighted by atomic mass is 10.0. The predicted octanol–water partition coefficient (Wildman–Crippen LogP) is 2.56.